The number of hydrogen-bond donors (Lipinski definition) is 4. The third-order valence-electron chi connectivity index (χ3n) is 9.89. The average Bonchev–Trinajstić information content (AvgIpc) is 3.70. The van der Waals surface area contributed by atoms with Crippen LogP contribution in [0.15, 0.2) is 18.2 Å². The molecule has 0 fully saturated rings. The Hall–Kier alpha value is -4.15. The summed E-state index contributed by atoms with van der Waals surface area (Å²) in [5, 5.41) is 23.5. The van der Waals surface area contributed by atoms with Gasteiger partial charge in [-0.3, -0.25) is 24.4 Å². The number of Topliss-reactive ketones (excluding diaryl/α,β-unsaturated/α-hetero) is 1. The van der Waals surface area contributed by atoms with Crippen molar-refractivity contribution in [2.75, 3.05) is 7.11 Å². The molecule has 0 spiro atoms. The number of carbonyl (C=O) groups is 3. The molecule has 6 rings (SSSR count). The molecular weight excluding hydrogens is 548 g/mol. The summed E-state index contributed by atoms with van der Waals surface area (Å²) in [4.78, 5) is 54.4. The molecule has 8 bridgehead atoms. The second kappa shape index (κ2) is 9.96. The number of ketones is 1. The number of nitrogens with zero attached hydrogens (tertiary/aromatic N) is 2. The molecule has 0 saturated carbocycles. The molecule has 0 aromatic carbocycles. The van der Waals surface area contributed by atoms with E-state index in [2.05, 4.69) is 16.9 Å². The smallest absolute Gasteiger partial charge is 0.305 e. The van der Waals surface area contributed by atoms with Crippen LogP contribution in [0.5, 0.6) is 0 Å². The van der Waals surface area contributed by atoms with Crippen LogP contribution in [0.2, 0.25) is 0 Å². The highest BCUT2D eigenvalue weighted by Crippen LogP contribution is 2.47. The molecule has 5 heterocycles. The van der Waals surface area contributed by atoms with Gasteiger partial charge in [0.2, 0.25) is 0 Å². The van der Waals surface area contributed by atoms with Crippen LogP contribution in [0, 0.1) is 13.8 Å². The molecule has 10 heteroatoms. The van der Waals surface area contributed by atoms with Crippen molar-refractivity contribution in [3.63, 3.8) is 0 Å². The van der Waals surface area contributed by atoms with E-state index in [1.54, 1.807) is 19.1 Å². The molecule has 43 heavy (non-hydrogen) atoms. The Morgan fingerprint density at radius 2 is 1.79 bits per heavy atom. The Labute approximate surface area is 248 Å². The van der Waals surface area contributed by atoms with Gasteiger partial charge in [0.25, 0.3) is 0 Å². The lowest BCUT2D eigenvalue weighted by Gasteiger charge is -2.34. The zero-order valence-electron chi connectivity index (χ0n) is 25.2. The molecule has 10 nitrogen and oxygen atoms in total. The second-order valence-electron chi connectivity index (χ2n) is 12.1. The number of esters is 1. The van der Waals surface area contributed by atoms with Crippen LogP contribution in [-0.4, -0.2) is 55.3 Å². The predicted molar refractivity (Wildman–Crippen MR) is 160 cm³/mol. The molecule has 3 aliphatic rings. The zero-order chi connectivity index (χ0) is 31.0. The van der Waals surface area contributed by atoms with Gasteiger partial charge in [-0.15, -0.1) is 0 Å². The van der Waals surface area contributed by atoms with E-state index in [0.29, 0.717) is 45.2 Å². The van der Waals surface area contributed by atoms with Gasteiger partial charge in [0, 0.05) is 58.1 Å². The number of rotatable bonds is 5. The van der Waals surface area contributed by atoms with Gasteiger partial charge in [-0.25, -0.2) is 0 Å². The maximum atomic E-state index is 13.4. The largest absolute Gasteiger partial charge is 0.469 e. The van der Waals surface area contributed by atoms with Gasteiger partial charge < -0.3 is 24.9 Å². The van der Waals surface area contributed by atoms with E-state index in [-0.39, 0.29) is 54.2 Å². The number of aldehydes is 1. The number of H-pyrrole nitrogens is 2. The van der Waals surface area contributed by atoms with Crippen molar-refractivity contribution in [2.24, 2.45) is 0 Å². The number of hydrogen-bond acceptors (Lipinski definition) is 8. The maximum Gasteiger partial charge on any atom is 0.305 e. The first-order chi connectivity index (χ1) is 20.4. The lowest BCUT2D eigenvalue weighted by molar-refractivity contribution is -0.148. The van der Waals surface area contributed by atoms with Crippen molar-refractivity contribution in [3.05, 3.63) is 68.8 Å². The monoisotopic (exact) mass is 584 g/mol. The third kappa shape index (κ3) is 4.11. The summed E-state index contributed by atoms with van der Waals surface area (Å²) in [7, 11) is 1.37. The van der Waals surface area contributed by atoms with E-state index in [9.17, 15) is 24.6 Å². The van der Waals surface area contributed by atoms with Crippen LogP contribution in [0.25, 0.3) is 22.1 Å². The summed E-state index contributed by atoms with van der Waals surface area (Å²) in [5.74, 6) is -0.581. The average molecular weight is 585 g/mol. The highest BCUT2D eigenvalue weighted by atomic mass is 16.5. The van der Waals surface area contributed by atoms with E-state index in [4.69, 9.17) is 14.7 Å². The van der Waals surface area contributed by atoms with Crippen molar-refractivity contribution in [2.45, 2.75) is 83.3 Å². The Balaban J connectivity index is 1.76. The Bertz CT molecular complexity index is 1880. The number of nitrogens with one attached hydrogen (secondary N) is 2. The number of fused-ring (bicyclic) bond motifs is 8. The summed E-state index contributed by atoms with van der Waals surface area (Å²) in [6, 6.07) is 5.20. The van der Waals surface area contributed by atoms with Gasteiger partial charge >= 0.3 is 5.97 Å². The summed E-state index contributed by atoms with van der Waals surface area (Å²) < 4.78 is 4.92. The maximum absolute atomic E-state index is 13.4. The van der Waals surface area contributed by atoms with E-state index in [0.717, 1.165) is 28.8 Å². The van der Waals surface area contributed by atoms with E-state index >= 15 is 0 Å². The minimum Gasteiger partial charge on any atom is -0.469 e. The van der Waals surface area contributed by atoms with Crippen LogP contribution < -0.4 is 0 Å². The topological polar surface area (TPSA) is 158 Å². The zero-order valence-corrected chi connectivity index (χ0v) is 25.2. The summed E-state index contributed by atoms with van der Waals surface area (Å²) >= 11 is 0. The third-order valence-corrected chi connectivity index (χ3v) is 9.89. The van der Waals surface area contributed by atoms with Crippen molar-refractivity contribution in [3.8, 4) is 0 Å². The van der Waals surface area contributed by atoms with Crippen molar-refractivity contribution < 1.29 is 29.3 Å². The molecule has 2 aliphatic heterocycles. The minimum atomic E-state index is -1.76. The normalized spacial score (nSPS) is 24.4. The molecule has 3 aromatic heterocycles. The summed E-state index contributed by atoms with van der Waals surface area (Å²) in [6.45, 7) is 9.02. The van der Waals surface area contributed by atoms with Crippen LogP contribution >= 0.6 is 0 Å². The molecular formula is C33H36N4O6. The molecule has 0 saturated heterocycles. The van der Waals surface area contributed by atoms with E-state index in [1.807, 2.05) is 19.9 Å². The minimum absolute atomic E-state index is 0.0359. The van der Waals surface area contributed by atoms with Crippen molar-refractivity contribution in [1.29, 1.82) is 0 Å². The van der Waals surface area contributed by atoms with Gasteiger partial charge in [0.15, 0.2) is 12.1 Å². The Morgan fingerprint density at radius 1 is 1.09 bits per heavy atom. The molecule has 4 N–H and O–H groups in total. The second-order valence-corrected chi connectivity index (χ2v) is 12.1. The number of aryl methyl sites for hydroxylation is 2. The van der Waals surface area contributed by atoms with Crippen LogP contribution in [0.3, 0.4) is 0 Å². The van der Waals surface area contributed by atoms with Crippen LogP contribution in [-0.2, 0) is 27.2 Å². The summed E-state index contributed by atoms with van der Waals surface area (Å²) in [5.41, 5.74) is 4.08. The standard InChI is InChI=1S/C33H36N4O6/c1-7-33(42)27-12-23-17(4)29-25(39)10-19(31(29)36-23)30-18(8-9-28(40)43-6)15(2)22(35-30)11-21-16(3)20(14-38)24(34-21)13-26(37-27)32(33,5)41/h11-15,18,34,36,41-42H,7-10H2,1-6H3/t15-,18-,32?,33?/m0/s1. The molecule has 4 atom stereocenters. The SMILES string of the molecule is CCC1(O)c2cc3[nH]c4c(c5nc(cc6[nH]c(cc(n2)C1(C)O)c(C=O)c6C)[C@@H](C)[C@@H]5CCC(=O)OC)CC(=O)c4c3C. The molecule has 2 unspecified atom stereocenters. The summed E-state index contributed by atoms with van der Waals surface area (Å²) in [6.07, 6.45) is 1.81. The molecule has 1 aliphatic carbocycles. The number of carbonyl (C=O) groups excluding carboxylic acids is 3. The quantitative estimate of drug-likeness (QED) is 0.245. The predicted octanol–water partition coefficient (Wildman–Crippen LogP) is 4.83. The van der Waals surface area contributed by atoms with Crippen LogP contribution in [0.4, 0.5) is 0 Å². The Morgan fingerprint density at radius 3 is 2.47 bits per heavy atom. The van der Waals surface area contributed by atoms with E-state index in [1.165, 1.54) is 14.0 Å². The van der Waals surface area contributed by atoms with Gasteiger partial charge in [0.05, 0.1) is 35.2 Å². The first kappa shape index (κ1) is 28.9. The van der Waals surface area contributed by atoms with Crippen molar-refractivity contribution >= 4 is 40.1 Å². The fourth-order valence-electron chi connectivity index (χ4n) is 7.00. The number of aromatic amines is 2. The molecule has 0 radical (unpaired) electrons. The molecule has 3 aromatic rings. The fraction of sp³-hybridized carbons (Fsp3) is 0.424. The van der Waals surface area contributed by atoms with E-state index < -0.39 is 11.2 Å². The molecule has 224 valence electrons. The number of methoxy groups -OCH3 is 1. The van der Waals surface area contributed by atoms with Gasteiger partial charge in [-0.05, 0) is 62.9 Å². The highest BCUT2D eigenvalue weighted by Gasteiger charge is 2.53. The number of aliphatic hydroxyl groups is 2. The first-order valence-electron chi connectivity index (χ1n) is 14.6. The molecule has 0 amide bonds. The van der Waals surface area contributed by atoms with Gasteiger partial charge in [-0.2, -0.15) is 0 Å². The highest BCUT2D eigenvalue weighted by molar-refractivity contribution is 6.13. The van der Waals surface area contributed by atoms with Crippen LogP contribution in [0.1, 0.15) is 112 Å². The Kier molecular flexibility index (Phi) is 6.70. The van der Waals surface area contributed by atoms with Gasteiger partial charge in [-0.1, -0.05) is 13.8 Å². The first-order valence-corrected chi connectivity index (χ1v) is 14.6. The lowest BCUT2D eigenvalue weighted by Crippen LogP contribution is -2.43. The lowest BCUT2D eigenvalue weighted by atomic mass is 9.80. The van der Waals surface area contributed by atoms with Crippen molar-refractivity contribution in [1.82, 2.24) is 19.9 Å². The number of aromatic nitrogens is 4. The fourth-order valence-corrected chi connectivity index (χ4v) is 7.00. The number of ether oxygens (including phenoxy) is 1. The van der Waals surface area contributed by atoms with Gasteiger partial charge in [0.1, 0.15) is 11.2 Å².